The highest BCUT2D eigenvalue weighted by molar-refractivity contribution is 7.91. The van der Waals surface area contributed by atoms with E-state index in [0.29, 0.717) is 13.2 Å². The van der Waals surface area contributed by atoms with Gasteiger partial charge in [0.1, 0.15) is 0 Å². The van der Waals surface area contributed by atoms with E-state index in [9.17, 15) is 8.42 Å². The highest BCUT2D eigenvalue weighted by atomic mass is 32.2. The van der Waals surface area contributed by atoms with Crippen molar-refractivity contribution in [1.82, 2.24) is 0 Å². The van der Waals surface area contributed by atoms with Crippen LogP contribution in [0.1, 0.15) is 13.8 Å². The summed E-state index contributed by atoms with van der Waals surface area (Å²) in [5, 5.41) is -0.538. The molecule has 5 heteroatoms. The maximum absolute atomic E-state index is 11.0. The third kappa shape index (κ3) is 4.04. The van der Waals surface area contributed by atoms with E-state index < -0.39 is 21.1 Å². The molecule has 12 heavy (non-hydrogen) atoms. The first kappa shape index (κ1) is 11.9. The minimum absolute atomic E-state index is 0.296. The number of nitrogens with two attached hydrogens (primary N) is 1. The fourth-order valence-corrected chi connectivity index (χ4v) is 1.42. The Morgan fingerprint density at radius 1 is 1.50 bits per heavy atom. The van der Waals surface area contributed by atoms with E-state index in [1.54, 1.807) is 6.92 Å². The predicted molar refractivity (Wildman–Crippen MR) is 48.8 cm³/mol. The predicted octanol–water partition coefficient (Wildman–Crippen LogP) is -0.217. The summed E-state index contributed by atoms with van der Waals surface area (Å²) in [5.74, 6) is 0. The first-order chi connectivity index (χ1) is 5.39. The van der Waals surface area contributed by atoms with Crippen molar-refractivity contribution in [3.05, 3.63) is 0 Å². The Labute approximate surface area is 74.0 Å². The molecule has 0 bridgehead atoms. The molecule has 0 aromatic carbocycles. The molecule has 74 valence electrons. The van der Waals surface area contributed by atoms with Gasteiger partial charge in [-0.05, 0) is 13.8 Å². The molecule has 0 radical (unpaired) electrons. The van der Waals surface area contributed by atoms with Crippen LogP contribution in [-0.2, 0) is 14.6 Å². The molecule has 2 N–H and O–H groups in total. The van der Waals surface area contributed by atoms with Gasteiger partial charge in [-0.3, -0.25) is 0 Å². The molecule has 0 rings (SSSR count). The molecule has 2 atom stereocenters. The molecule has 0 aliphatic carbocycles. The van der Waals surface area contributed by atoms with Crippen molar-refractivity contribution in [1.29, 1.82) is 0 Å². The normalized spacial score (nSPS) is 17.3. The SMILES string of the molecule is CCOCC(N)C(C)S(C)(=O)=O. The van der Waals surface area contributed by atoms with Gasteiger partial charge < -0.3 is 10.5 Å². The van der Waals surface area contributed by atoms with Gasteiger partial charge in [-0.25, -0.2) is 8.42 Å². The van der Waals surface area contributed by atoms with Gasteiger partial charge >= 0.3 is 0 Å². The summed E-state index contributed by atoms with van der Waals surface area (Å²) < 4.78 is 27.0. The van der Waals surface area contributed by atoms with Gasteiger partial charge in [0.15, 0.2) is 9.84 Å². The average Bonchev–Trinajstić information content (AvgIpc) is 1.97. The van der Waals surface area contributed by atoms with E-state index in [4.69, 9.17) is 10.5 Å². The van der Waals surface area contributed by atoms with Crippen LogP contribution in [0, 0.1) is 0 Å². The van der Waals surface area contributed by atoms with Crippen LogP contribution in [0.2, 0.25) is 0 Å². The molecule has 2 unspecified atom stereocenters. The molecule has 0 amide bonds. The van der Waals surface area contributed by atoms with Crippen LogP contribution in [0.25, 0.3) is 0 Å². The Morgan fingerprint density at radius 2 is 2.00 bits per heavy atom. The molecule has 0 heterocycles. The number of ether oxygens (including phenoxy) is 1. The van der Waals surface area contributed by atoms with Crippen LogP contribution in [0.4, 0.5) is 0 Å². The second-order valence-corrected chi connectivity index (χ2v) is 5.26. The Morgan fingerprint density at radius 3 is 2.33 bits per heavy atom. The lowest BCUT2D eigenvalue weighted by molar-refractivity contribution is 0.133. The third-order valence-corrected chi connectivity index (χ3v) is 3.49. The fraction of sp³-hybridized carbons (Fsp3) is 1.00. The molecule has 0 spiro atoms. The first-order valence-electron chi connectivity index (χ1n) is 3.91. The highest BCUT2D eigenvalue weighted by Gasteiger charge is 2.22. The Balaban J connectivity index is 4.02. The Kier molecular flexibility index (Phi) is 4.74. The van der Waals surface area contributed by atoms with Crippen molar-refractivity contribution in [2.45, 2.75) is 25.1 Å². The lowest BCUT2D eigenvalue weighted by atomic mass is 10.2. The maximum Gasteiger partial charge on any atom is 0.151 e. The van der Waals surface area contributed by atoms with Crippen LogP contribution < -0.4 is 5.73 Å². The van der Waals surface area contributed by atoms with Crippen LogP contribution in [0.15, 0.2) is 0 Å². The van der Waals surface area contributed by atoms with Crippen molar-refractivity contribution in [3.63, 3.8) is 0 Å². The first-order valence-corrected chi connectivity index (χ1v) is 5.87. The lowest BCUT2D eigenvalue weighted by Crippen LogP contribution is -2.41. The van der Waals surface area contributed by atoms with E-state index in [-0.39, 0.29) is 0 Å². The van der Waals surface area contributed by atoms with Gasteiger partial charge in [0.25, 0.3) is 0 Å². The molecule has 0 fully saturated rings. The third-order valence-electron chi connectivity index (χ3n) is 1.79. The summed E-state index contributed by atoms with van der Waals surface area (Å²) in [5.41, 5.74) is 5.59. The average molecular weight is 195 g/mol. The molecule has 0 aromatic heterocycles. The largest absolute Gasteiger partial charge is 0.380 e. The standard InChI is InChI=1S/C7H17NO3S/c1-4-11-5-7(8)6(2)12(3,9)10/h6-7H,4-5,8H2,1-3H3. The number of hydrogen-bond acceptors (Lipinski definition) is 4. The zero-order chi connectivity index (χ0) is 9.78. The fourth-order valence-electron chi connectivity index (χ4n) is 0.707. The van der Waals surface area contributed by atoms with Crippen molar-refractivity contribution in [2.24, 2.45) is 5.73 Å². The minimum Gasteiger partial charge on any atom is -0.380 e. The van der Waals surface area contributed by atoms with Gasteiger partial charge in [-0.15, -0.1) is 0 Å². The molecule has 4 nitrogen and oxygen atoms in total. The number of rotatable bonds is 5. The molecule has 0 saturated heterocycles. The monoisotopic (exact) mass is 195 g/mol. The lowest BCUT2D eigenvalue weighted by Gasteiger charge is -2.17. The van der Waals surface area contributed by atoms with E-state index in [2.05, 4.69) is 0 Å². The van der Waals surface area contributed by atoms with Crippen LogP contribution in [-0.4, -0.2) is 39.2 Å². The van der Waals surface area contributed by atoms with Crippen LogP contribution in [0.5, 0.6) is 0 Å². The molecule has 0 aliphatic heterocycles. The quantitative estimate of drug-likeness (QED) is 0.658. The van der Waals surface area contributed by atoms with E-state index in [0.717, 1.165) is 0 Å². The molecule has 0 aromatic rings. The highest BCUT2D eigenvalue weighted by Crippen LogP contribution is 2.02. The summed E-state index contributed by atoms with van der Waals surface area (Å²) in [6.07, 6.45) is 1.18. The van der Waals surface area contributed by atoms with Crippen LogP contribution in [0.3, 0.4) is 0 Å². The second-order valence-electron chi connectivity index (χ2n) is 2.86. The summed E-state index contributed by atoms with van der Waals surface area (Å²) >= 11 is 0. The zero-order valence-corrected chi connectivity index (χ0v) is 8.60. The Bertz CT molecular complexity index is 213. The summed E-state index contributed by atoms with van der Waals surface area (Å²) in [7, 11) is -3.04. The molecular weight excluding hydrogens is 178 g/mol. The second kappa shape index (κ2) is 4.79. The van der Waals surface area contributed by atoms with E-state index in [1.165, 1.54) is 6.26 Å². The number of sulfone groups is 1. The molecule has 0 aliphatic rings. The maximum atomic E-state index is 11.0. The van der Waals surface area contributed by atoms with Crippen molar-refractivity contribution < 1.29 is 13.2 Å². The topological polar surface area (TPSA) is 69.4 Å². The minimum atomic E-state index is -3.04. The van der Waals surface area contributed by atoms with Crippen molar-refractivity contribution in [2.75, 3.05) is 19.5 Å². The van der Waals surface area contributed by atoms with E-state index in [1.807, 2.05) is 6.92 Å². The van der Waals surface area contributed by atoms with Gasteiger partial charge in [-0.2, -0.15) is 0 Å². The summed E-state index contributed by atoms with van der Waals surface area (Å²) in [6.45, 7) is 4.30. The van der Waals surface area contributed by atoms with Gasteiger partial charge in [-0.1, -0.05) is 0 Å². The van der Waals surface area contributed by atoms with Crippen molar-refractivity contribution in [3.8, 4) is 0 Å². The van der Waals surface area contributed by atoms with Gasteiger partial charge in [0.2, 0.25) is 0 Å². The molecular formula is C7H17NO3S. The zero-order valence-electron chi connectivity index (χ0n) is 7.78. The summed E-state index contributed by atoms with van der Waals surface area (Å²) in [6, 6.07) is -0.431. The van der Waals surface area contributed by atoms with Gasteiger partial charge in [0.05, 0.1) is 11.9 Å². The van der Waals surface area contributed by atoms with Crippen molar-refractivity contribution >= 4 is 9.84 Å². The number of hydrogen-bond donors (Lipinski definition) is 1. The van der Waals surface area contributed by atoms with Gasteiger partial charge in [0, 0.05) is 18.9 Å². The Hall–Kier alpha value is -0.130. The molecule has 0 saturated carbocycles. The van der Waals surface area contributed by atoms with Crippen LogP contribution >= 0.6 is 0 Å². The van der Waals surface area contributed by atoms with E-state index >= 15 is 0 Å². The summed E-state index contributed by atoms with van der Waals surface area (Å²) in [4.78, 5) is 0. The smallest absolute Gasteiger partial charge is 0.151 e.